The van der Waals surface area contributed by atoms with Crippen LogP contribution in [0.2, 0.25) is 0 Å². The molecule has 0 heterocycles. The number of benzene rings is 1. The Labute approximate surface area is 107 Å². The summed E-state index contributed by atoms with van der Waals surface area (Å²) in [5.74, 6) is -1.03. The highest BCUT2D eigenvalue weighted by Gasteiger charge is 2.26. The normalized spacial score (nSPS) is 14.4. The standard InChI is InChI=1S/C12H14F3NOS/c1-12(2,3)18(17)16-7-8-5-4-6-9(10(8)13)11(14)15/h4-7,11H,1-3H3/b16-7+. The average Bonchev–Trinajstić information content (AvgIpc) is 2.25. The molecule has 1 aromatic rings. The summed E-state index contributed by atoms with van der Waals surface area (Å²) in [6.07, 6.45) is -1.85. The zero-order valence-corrected chi connectivity index (χ0v) is 11.1. The lowest BCUT2D eigenvalue weighted by molar-refractivity contribution is 0.146. The molecule has 0 aliphatic heterocycles. The molecule has 0 aliphatic carbocycles. The van der Waals surface area contributed by atoms with Gasteiger partial charge in [0.2, 0.25) is 0 Å². The fourth-order valence-electron chi connectivity index (χ4n) is 1.10. The highest BCUT2D eigenvalue weighted by molar-refractivity contribution is 7.91. The first-order chi connectivity index (χ1) is 8.23. The number of halogens is 3. The van der Waals surface area contributed by atoms with Gasteiger partial charge in [0.05, 0.1) is 11.8 Å². The van der Waals surface area contributed by atoms with Crippen LogP contribution in [-0.2, 0) is 11.4 Å². The summed E-state index contributed by atoms with van der Waals surface area (Å²) >= 11 is -1.55. The molecule has 0 amide bonds. The molecule has 1 atom stereocenters. The maximum absolute atomic E-state index is 13.6. The highest BCUT2D eigenvalue weighted by atomic mass is 32.2. The molecule has 1 unspecified atom stereocenters. The summed E-state index contributed by atoms with van der Waals surface area (Å²) in [7, 11) is 0. The van der Waals surface area contributed by atoms with Crippen molar-refractivity contribution in [3.8, 4) is 0 Å². The van der Waals surface area contributed by atoms with Crippen molar-refractivity contribution in [1.29, 1.82) is 0 Å². The smallest absolute Gasteiger partial charge is 0.266 e. The van der Waals surface area contributed by atoms with Crippen molar-refractivity contribution in [3.05, 3.63) is 35.1 Å². The van der Waals surface area contributed by atoms with Gasteiger partial charge < -0.3 is 4.55 Å². The largest absolute Gasteiger partial charge is 0.591 e. The van der Waals surface area contributed by atoms with Crippen LogP contribution < -0.4 is 0 Å². The Morgan fingerprint density at radius 3 is 2.44 bits per heavy atom. The van der Waals surface area contributed by atoms with Crippen LogP contribution in [-0.4, -0.2) is 15.5 Å². The summed E-state index contributed by atoms with van der Waals surface area (Å²) < 4.78 is 53.2. The molecule has 0 saturated heterocycles. The number of nitrogens with zero attached hydrogens (tertiary/aromatic N) is 1. The van der Waals surface area contributed by atoms with E-state index in [1.165, 1.54) is 12.1 Å². The third-order valence-electron chi connectivity index (χ3n) is 2.10. The zero-order chi connectivity index (χ0) is 13.9. The maximum Gasteiger partial charge on any atom is 0.266 e. The first-order valence-electron chi connectivity index (χ1n) is 5.26. The quantitative estimate of drug-likeness (QED) is 0.613. The monoisotopic (exact) mass is 277 g/mol. The molecule has 18 heavy (non-hydrogen) atoms. The molecule has 0 N–H and O–H groups in total. The molecule has 1 rings (SSSR count). The topological polar surface area (TPSA) is 35.4 Å². The summed E-state index contributed by atoms with van der Waals surface area (Å²) in [4.78, 5) is 0. The Morgan fingerprint density at radius 2 is 1.94 bits per heavy atom. The van der Waals surface area contributed by atoms with E-state index in [4.69, 9.17) is 0 Å². The van der Waals surface area contributed by atoms with Crippen LogP contribution in [0.3, 0.4) is 0 Å². The van der Waals surface area contributed by atoms with Gasteiger partial charge in [-0.25, -0.2) is 13.2 Å². The van der Waals surface area contributed by atoms with Crippen LogP contribution in [0.25, 0.3) is 0 Å². The van der Waals surface area contributed by atoms with Crippen LogP contribution >= 0.6 is 0 Å². The second kappa shape index (κ2) is 5.75. The van der Waals surface area contributed by atoms with Crippen molar-refractivity contribution in [2.75, 3.05) is 0 Å². The van der Waals surface area contributed by atoms with Crippen molar-refractivity contribution < 1.29 is 17.7 Å². The third kappa shape index (κ3) is 3.74. The Bertz CT molecular complexity index is 443. The van der Waals surface area contributed by atoms with E-state index in [2.05, 4.69) is 4.40 Å². The van der Waals surface area contributed by atoms with Crippen LogP contribution in [0, 0.1) is 5.82 Å². The van der Waals surface area contributed by atoms with Crippen molar-refractivity contribution in [2.24, 2.45) is 4.40 Å². The predicted molar refractivity (Wildman–Crippen MR) is 66.8 cm³/mol. The van der Waals surface area contributed by atoms with Gasteiger partial charge >= 0.3 is 0 Å². The van der Waals surface area contributed by atoms with E-state index >= 15 is 0 Å². The molecule has 0 aromatic heterocycles. The van der Waals surface area contributed by atoms with Gasteiger partial charge in [-0.15, -0.1) is 0 Å². The van der Waals surface area contributed by atoms with Gasteiger partial charge in [-0.2, -0.15) is 0 Å². The van der Waals surface area contributed by atoms with Gasteiger partial charge in [-0.3, -0.25) is 0 Å². The third-order valence-corrected chi connectivity index (χ3v) is 3.45. The van der Waals surface area contributed by atoms with E-state index in [-0.39, 0.29) is 5.56 Å². The summed E-state index contributed by atoms with van der Waals surface area (Å²) in [6, 6.07) is 3.63. The number of hydrogen-bond acceptors (Lipinski definition) is 2. The second-order valence-corrected chi connectivity index (χ2v) is 6.58. The van der Waals surface area contributed by atoms with E-state index in [9.17, 15) is 17.7 Å². The van der Waals surface area contributed by atoms with E-state index in [0.717, 1.165) is 12.3 Å². The molecule has 0 saturated carbocycles. The van der Waals surface area contributed by atoms with E-state index in [0.29, 0.717) is 0 Å². The lowest BCUT2D eigenvalue weighted by Gasteiger charge is -2.17. The molecular formula is C12H14F3NOS. The van der Waals surface area contributed by atoms with Crippen molar-refractivity contribution in [1.82, 2.24) is 0 Å². The Morgan fingerprint density at radius 1 is 1.33 bits per heavy atom. The first-order valence-corrected chi connectivity index (χ1v) is 6.37. The second-order valence-electron chi connectivity index (χ2n) is 4.65. The van der Waals surface area contributed by atoms with Crippen LogP contribution in [0.15, 0.2) is 22.6 Å². The fraction of sp³-hybridized carbons (Fsp3) is 0.417. The molecule has 6 heteroatoms. The molecule has 0 spiro atoms. The van der Waals surface area contributed by atoms with E-state index < -0.39 is 33.9 Å². The van der Waals surface area contributed by atoms with Crippen LogP contribution in [0.1, 0.15) is 38.3 Å². The van der Waals surface area contributed by atoms with Gasteiger partial charge in [0.25, 0.3) is 6.43 Å². The van der Waals surface area contributed by atoms with Gasteiger partial charge in [-0.1, -0.05) is 22.6 Å². The minimum Gasteiger partial charge on any atom is -0.591 e. The molecule has 0 radical (unpaired) electrons. The highest BCUT2D eigenvalue weighted by Crippen LogP contribution is 2.24. The van der Waals surface area contributed by atoms with Crippen LogP contribution in [0.5, 0.6) is 0 Å². The lowest BCUT2D eigenvalue weighted by atomic mass is 10.1. The van der Waals surface area contributed by atoms with E-state index in [1.807, 2.05) is 0 Å². The van der Waals surface area contributed by atoms with Crippen LogP contribution in [0.4, 0.5) is 13.2 Å². The van der Waals surface area contributed by atoms with Crippen molar-refractivity contribution in [3.63, 3.8) is 0 Å². The maximum atomic E-state index is 13.6. The van der Waals surface area contributed by atoms with E-state index in [1.54, 1.807) is 20.8 Å². The molecule has 0 aliphatic rings. The zero-order valence-electron chi connectivity index (χ0n) is 10.3. The van der Waals surface area contributed by atoms with Crippen molar-refractivity contribution in [2.45, 2.75) is 31.9 Å². The molecule has 1 aromatic carbocycles. The molecule has 100 valence electrons. The lowest BCUT2D eigenvalue weighted by Crippen LogP contribution is -2.25. The fourth-order valence-corrected chi connectivity index (χ4v) is 1.62. The summed E-state index contributed by atoms with van der Waals surface area (Å²) in [6.45, 7) is 5.14. The number of rotatable bonds is 3. The molecule has 0 bridgehead atoms. The van der Waals surface area contributed by atoms with Gasteiger partial charge in [-0.05, 0) is 20.8 Å². The van der Waals surface area contributed by atoms with Gasteiger partial charge in [0.1, 0.15) is 21.9 Å². The minimum absolute atomic E-state index is 0.0922. The minimum atomic E-state index is -2.88. The SMILES string of the molecule is CC(C)(C)[S+]([O-])/N=C/c1cccc(C(F)F)c1F. The number of hydrogen-bond donors (Lipinski definition) is 0. The predicted octanol–water partition coefficient (Wildman–Crippen LogP) is 3.64. The summed E-state index contributed by atoms with van der Waals surface area (Å²) in [5, 5.41) is 0. The van der Waals surface area contributed by atoms with Gasteiger partial charge in [0.15, 0.2) is 0 Å². The van der Waals surface area contributed by atoms with Gasteiger partial charge in [0, 0.05) is 5.56 Å². The molecular weight excluding hydrogens is 263 g/mol. The summed E-state index contributed by atoms with van der Waals surface area (Å²) in [5.41, 5.74) is -0.772. The molecule has 2 nitrogen and oxygen atoms in total. The van der Waals surface area contributed by atoms with Crippen molar-refractivity contribution >= 4 is 17.6 Å². The Hall–Kier alpha value is -1.01. The Balaban J connectivity index is 2.99. The first kappa shape index (κ1) is 15.0. The Kier molecular flexibility index (Phi) is 4.81. The molecule has 0 fully saturated rings. The average molecular weight is 277 g/mol. The number of alkyl halides is 2.